The van der Waals surface area contributed by atoms with Crippen LogP contribution in [0, 0.1) is 5.41 Å². The highest BCUT2D eigenvalue weighted by molar-refractivity contribution is 5.35. The summed E-state index contributed by atoms with van der Waals surface area (Å²) < 4.78 is 29.4. The third-order valence-corrected chi connectivity index (χ3v) is 4.27. The maximum atomic E-state index is 12.4. The number of nitrogens with one attached hydrogen (secondary N) is 1. The molecule has 1 aromatic rings. The number of hydrogen-bond acceptors (Lipinski definition) is 3. The van der Waals surface area contributed by atoms with Gasteiger partial charge in [0.1, 0.15) is 5.75 Å². The summed E-state index contributed by atoms with van der Waals surface area (Å²) in [5.74, 6) is 0.195. The average Bonchev–Trinajstić information content (AvgIpc) is 2.38. The van der Waals surface area contributed by atoms with Crippen molar-refractivity contribution in [3.05, 3.63) is 29.8 Å². The lowest BCUT2D eigenvalue weighted by Gasteiger charge is -2.50. The molecular formula is C15H21F2NO2. The van der Waals surface area contributed by atoms with Gasteiger partial charge in [-0.2, -0.15) is 8.78 Å². The van der Waals surface area contributed by atoms with Crippen molar-refractivity contribution in [2.24, 2.45) is 5.41 Å². The van der Waals surface area contributed by atoms with Gasteiger partial charge in [-0.1, -0.05) is 32.0 Å². The fourth-order valence-electron chi connectivity index (χ4n) is 2.62. The maximum absolute atomic E-state index is 12.4. The van der Waals surface area contributed by atoms with Crippen LogP contribution in [0.15, 0.2) is 24.3 Å². The third kappa shape index (κ3) is 2.94. The second-order valence-corrected chi connectivity index (χ2v) is 5.93. The fraction of sp³-hybridized carbons (Fsp3) is 0.600. The molecule has 1 aliphatic rings. The number of para-hydroxylation sites is 1. The predicted molar refractivity (Wildman–Crippen MR) is 72.8 cm³/mol. The first-order chi connectivity index (χ1) is 9.32. The Kier molecular flexibility index (Phi) is 4.30. The van der Waals surface area contributed by atoms with Crippen molar-refractivity contribution in [2.45, 2.75) is 52.0 Å². The number of ether oxygens (including phenoxy) is 1. The van der Waals surface area contributed by atoms with Crippen LogP contribution < -0.4 is 10.1 Å². The van der Waals surface area contributed by atoms with Crippen LogP contribution in [0.4, 0.5) is 8.78 Å². The van der Waals surface area contributed by atoms with Gasteiger partial charge in [-0.15, -0.1) is 0 Å². The summed E-state index contributed by atoms with van der Waals surface area (Å²) in [6.45, 7) is 3.07. The van der Waals surface area contributed by atoms with Gasteiger partial charge in [-0.25, -0.2) is 0 Å². The molecule has 0 radical (unpaired) electrons. The van der Waals surface area contributed by atoms with Crippen molar-refractivity contribution in [3.63, 3.8) is 0 Å². The van der Waals surface area contributed by atoms with Crippen molar-refractivity contribution in [1.29, 1.82) is 0 Å². The zero-order chi connectivity index (χ0) is 14.9. The van der Waals surface area contributed by atoms with Gasteiger partial charge in [0, 0.05) is 23.1 Å². The predicted octanol–water partition coefficient (Wildman–Crippen LogP) is 3.10. The Morgan fingerprint density at radius 2 is 2.00 bits per heavy atom. The first kappa shape index (κ1) is 15.2. The Bertz CT molecular complexity index is 465. The molecule has 0 aromatic heterocycles. The molecule has 0 amide bonds. The highest BCUT2D eigenvalue weighted by Gasteiger charge is 2.47. The Morgan fingerprint density at radius 3 is 2.55 bits per heavy atom. The van der Waals surface area contributed by atoms with Crippen LogP contribution in [-0.4, -0.2) is 23.9 Å². The van der Waals surface area contributed by atoms with Gasteiger partial charge >= 0.3 is 6.61 Å². The van der Waals surface area contributed by atoms with Crippen molar-refractivity contribution in [3.8, 4) is 5.75 Å². The fourth-order valence-corrected chi connectivity index (χ4v) is 2.62. The monoisotopic (exact) mass is 285 g/mol. The summed E-state index contributed by atoms with van der Waals surface area (Å²) in [5, 5.41) is 13.1. The average molecular weight is 285 g/mol. The Hall–Kier alpha value is -1.20. The topological polar surface area (TPSA) is 41.5 Å². The summed E-state index contributed by atoms with van der Waals surface area (Å²) in [4.78, 5) is 0. The molecule has 1 aliphatic carbocycles. The summed E-state index contributed by atoms with van der Waals surface area (Å²) in [6, 6.07) is 6.82. The smallest absolute Gasteiger partial charge is 0.387 e. The third-order valence-electron chi connectivity index (χ3n) is 4.27. The number of rotatable bonds is 5. The molecule has 1 aromatic carbocycles. The molecule has 2 rings (SSSR count). The molecule has 1 fully saturated rings. The molecule has 20 heavy (non-hydrogen) atoms. The molecule has 3 atom stereocenters. The van der Waals surface area contributed by atoms with E-state index in [0.29, 0.717) is 12.0 Å². The van der Waals surface area contributed by atoms with Crippen molar-refractivity contribution >= 4 is 0 Å². The van der Waals surface area contributed by atoms with E-state index in [-0.39, 0.29) is 29.4 Å². The minimum atomic E-state index is -2.83. The molecule has 0 spiro atoms. The van der Waals surface area contributed by atoms with Crippen molar-refractivity contribution in [2.75, 3.05) is 0 Å². The van der Waals surface area contributed by atoms with E-state index in [4.69, 9.17) is 0 Å². The van der Waals surface area contributed by atoms with E-state index in [1.807, 2.05) is 20.8 Å². The highest BCUT2D eigenvalue weighted by atomic mass is 19.3. The van der Waals surface area contributed by atoms with Gasteiger partial charge in [-0.05, 0) is 19.4 Å². The lowest BCUT2D eigenvalue weighted by Crippen LogP contribution is -2.60. The highest BCUT2D eigenvalue weighted by Crippen LogP contribution is 2.42. The largest absolute Gasteiger partial charge is 0.434 e. The van der Waals surface area contributed by atoms with E-state index in [1.54, 1.807) is 24.3 Å². The molecule has 2 N–H and O–H groups in total. The van der Waals surface area contributed by atoms with Crippen molar-refractivity contribution in [1.82, 2.24) is 5.32 Å². The van der Waals surface area contributed by atoms with E-state index in [1.165, 1.54) is 0 Å². The summed E-state index contributed by atoms with van der Waals surface area (Å²) in [6.07, 6.45) is 0.356. The van der Waals surface area contributed by atoms with Gasteiger partial charge < -0.3 is 15.2 Å². The normalized spacial score (nSPS) is 26.1. The summed E-state index contributed by atoms with van der Waals surface area (Å²) in [7, 11) is 0. The number of halogens is 2. The Morgan fingerprint density at radius 1 is 1.35 bits per heavy atom. The van der Waals surface area contributed by atoms with Gasteiger partial charge in [0.05, 0.1) is 6.10 Å². The maximum Gasteiger partial charge on any atom is 0.387 e. The molecule has 112 valence electrons. The number of alkyl halides is 2. The molecule has 3 unspecified atom stereocenters. The molecule has 0 heterocycles. The van der Waals surface area contributed by atoms with E-state index in [0.717, 1.165) is 0 Å². The van der Waals surface area contributed by atoms with Crippen LogP contribution in [0.5, 0.6) is 5.75 Å². The standard InChI is InChI=1S/C15H21F2NO2/c1-9(18-12-8-13(19)15(12,2)3)10-6-4-5-7-11(10)20-14(16)17/h4-7,9,12-14,18-19H,8H2,1-3H3. The zero-order valence-electron chi connectivity index (χ0n) is 11.9. The number of aliphatic hydroxyl groups is 1. The van der Waals surface area contributed by atoms with Crippen LogP contribution in [0.3, 0.4) is 0 Å². The molecule has 1 saturated carbocycles. The van der Waals surface area contributed by atoms with Gasteiger partial charge in [-0.3, -0.25) is 0 Å². The number of benzene rings is 1. The lowest BCUT2D eigenvalue weighted by molar-refractivity contribution is -0.0759. The van der Waals surface area contributed by atoms with Gasteiger partial charge in [0.25, 0.3) is 0 Å². The van der Waals surface area contributed by atoms with Crippen LogP contribution in [0.2, 0.25) is 0 Å². The number of aliphatic hydroxyl groups excluding tert-OH is 1. The Balaban J connectivity index is 2.08. The van der Waals surface area contributed by atoms with Crippen LogP contribution in [-0.2, 0) is 0 Å². The number of hydrogen-bond donors (Lipinski definition) is 2. The first-order valence-electron chi connectivity index (χ1n) is 6.80. The molecule has 3 nitrogen and oxygen atoms in total. The van der Waals surface area contributed by atoms with E-state index >= 15 is 0 Å². The van der Waals surface area contributed by atoms with E-state index in [2.05, 4.69) is 10.1 Å². The van der Waals surface area contributed by atoms with E-state index < -0.39 is 6.61 Å². The zero-order valence-corrected chi connectivity index (χ0v) is 11.9. The summed E-state index contributed by atoms with van der Waals surface area (Å²) >= 11 is 0. The second-order valence-electron chi connectivity index (χ2n) is 5.93. The van der Waals surface area contributed by atoms with Crippen LogP contribution >= 0.6 is 0 Å². The summed E-state index contributed by atoms with van der Waals surface area (Å²) in [5.41, 5.74) is 0.497. The minimum Gasteiger partial charge on any atom is -0.434 e. The van der Waals surface area contributed by atoms with Crippen molar-refractivity contribution < 1.29 is 18.6 Å². The first-order valence-corrected chi connectivity index (χ1v) is 6.80. The molecule has 0 saturated heterocycles. The molecule has 5 heteroatoms. The lowest BCUT2D eigenvalue weighted by atomic mass is 9.64. The molecule has 0 aliphatic heterocycles. The van der Waals surface area contributed by atoms with Gasteiger partial charge in [0.15, 0.2) is 0 Å². The molecule has 0 bridgehead atoms. The van der Waals surface area contributed by atoms with Crippen LogP contribution in [0.1, 0.15) is 38.8 Å². The Labute approximate surface area is 117 Å². The second kappa shape index (κ2) is 5.66. The van der Waals surface area contributed by atoms with Crippen LogP contribution in [0.25, 0.3) is 0 Å². The molecular weight excluding hydrogens is 264 g/mol. The minimum absolute atomic E-state index is 0.123. The quantitative estimate of drug-likeness (QED) is 0.873. The van der Waals surface area contributed by atoms with Gasteiger partial charge in [0.2, 0.25) is 0 Å². The SMILES string of the molecule is CC(NC1CC(O)C1(C)C)c1ccccc1OC(F)F. The van der Waals surface area contributed by atoms with E-state index in [9.17, 15) is 13.9 Å².